The minimum atomic E-state index is -0.661. The number of fused-ring (bicyclic) bond motifs is 1. The van der Waals surface area contributed by atoms with Gasteiger partial charge in [-0.15, -0.1) is 12.4 Å². The van der Waals surface area contributed by atoms with Crippen LogP contribution >= 0.6 is 12.4 Å². The van der Waals surface area contributed by atoms with Crippen LogP contribution in [0.5, 0.6) is 0 Å². The number of nitrogens with zero attached hydrogens (tertiary/aromatic N) is 2. The maximum absolute atomic E-state index is 12.8. The summed E-state index contributed by atoms with van der Waals surface area (Å²) < 4.78 is 1.42. The van der Waals surface area contributed by atoms with Gasteiger partial charge in [-0.25, -0.2) is 0 Å². The molecular formula is C18H25ClN4O3. The Bertz CT molecular complexity index is 903. The van der Waals surface area contributed by atoms with E-state index in [1.807, 2.05) is 18.9 Å². The fourth-order valence-electron chi connectivity index (χ4n) is 3.61. The molecule has 1 aliphatic rings. The molecule has 2 N–H and O–H groups in total. The third-order valence-electron chi connectivity index (χ3n) is 4.84. The molecule has 1 unspecified atom stereocenters. The van der Waals surface area contributed by atoms with Crippen LogP contribution in [0.15, 0.2) is 27.8 Å². The second-order valence-corrected chi connectivity index (χ2v) is 6.55. The van der Waals surface area contributed by atoms with Crippen molar-refractivity contribution in [1.82, 2.24) is 19.8 Å². The Labute approximate surface area is 157 Å². The van der Waals surface area contributed by atoms with Gasteiger partial charge in [-0.1, -0.05) is 0 Å². The van der Waals surface area contributed by atoms with E-state index in [1.165, 1.54) is 4.57 Å². The number of piperidine rings is 1. The summed E-state index contributed by atoms with van der Waals surface area (Å²) in [6.07, 6.45) is 2.12. The second kappa shape index (κ2) is 8.51. The molecule has 0 spiro atoms. The number of amides is 1. The largest absolute Gasteiger partial charge is 0.338 e. The summed E-state index contributed by atoms with van der Waals surface area (Å²) in [5.74, 6) is 0.436. The highest BCUT2D eigenvalue weighted by Crippen LogP contribution is 2.19. The van der Waals surface area contributed by atoms with Crippen molar-refractivity contribution in [2.75, 3.05) is 26.7 Å². The topological polar surface area (TPSA) is 87.2 Å². The highest BCUT2D eigenvalue weighted by atomic mass is 35.5. The first-order valence-electron chi connectivity index (χ1n) is 8.76. The quantitative estimate of drug-likeness (QED) is 0.780. The molecule has 3 rings (SSSR count). The van der Waals surface area contributed by atoms with Gasteiger partial charge in [-0.05, 0) is 57.5 Å². The first-order valence-corrected chi connectivity index (χ1v) is 8.76. The third-order valence-corrected chi connectivity index (χ3v) is 4.84. The average Bonchev–Trinajstić information content (AvgIpc) is 2.62. The number of halogens is 1. The van der Waals surface area contributed by atoms with Crippen molar-refractivity contribution in [3.63, 3.8) is 0 Å². The molecule has 0 radical (unpaired) electrons. The monoisotopic (exact) mass is 380 g/mol. The van der Waals surface area contributed by atoms with E-state index in [-0.39, 0.29) is 18.3 Å². The number of nitrogens with one attached hydrogen (secondary N) is 2. The van der Waals surface area contributed by atoms with E-state index in [0.29, 0.717) is 29.1 Å². The lowest BCUT2D eigenvalue weighted by Crippen LogP contribution is -2.42. The van der Waals surface area contributed by atoms with Crippen LogP contribution in [0.25, 0.3) is 11.0 Å². The molecule has 7 nitrogen and oxygen atoms in total. The fraction of sp³-hybridized carbons (Fsp3) is 0.500. The SMILES string of the molecule is CCn1c(=O)c(=O)[nH]c2cc(C(=O)N3CCCC(CNC)C3)ccc21.Cl. The number of aryl methyl sites for hydroxylation is 1. The number of rotatable bonds is 4. The maximum Gasteiger partial charge on any atom is 0.316 e. The molecule has 2 aromatic rings. The molecule has 26 heavy (non-hydrogen) atoms. The van der Waals surface area contributed by atoms with Crippen LogP contribution in [-0.4, -0.2) is 47.0 Å². The summed E-state index contributed by atoms with van der Waals surface area (Å²) in [5.41, 5.74) is 0.456. The number of likely N-dealkylation sites (tertiary alicyclic amines) is 1. The summed E-state index contributed by atoms with van der Waals surface area (Å²) in [7, 11) is 1.92. The Morgan fingerprint density at radius 1 is 1.35 bits per heavy atom. The molecule has 2 heterocycles. The van der Waals surface area contributed by atoms with Crippen LogP contribution in [0.1, 0.15) is 30.1 Å². The number of aromatic amines is 1. The molecular weight excluding hydrogens is 356 g/mol. The van der Waals surface area contributed by atoms with Gasteiger partial charge in [0.15, 0.2) is 0 Å². The lowest BCUT2D eigenvalue weighted by Gasteiger charge is -2.32. The summed E-state index contributed by atoms with van der Waals surface area (Å²) in [6.45, 7) is 4.61. The number of hydrogen-bond donors (Lipinski definition) is 2. The van der Waals surface area contributed by atoms with E-state index in [9.17, 15) is 14.4 Å². The van der Waals surface area contributed by atoms with Gasteiger partial charge >= 0.3 is 11.1 Å². The first-order chi connectivity index (χ1) is 12.0. The Morgan fingerprint density at radius 3 is 2.81 bits per heavy atom. The van der Waals surface area contributed by atoms with Gasteiger partial charge in [0, 0.05) is 25.2 Å². The number of carbonyl (C=O) groups excluding carboxylic acids is 1. The van der Waals surface area contributed by atoms with E-state index < -0.39 is 11.1 Å². The summed E-state index contributed by atoms with van der Waals surface area (Å²) in [5, 5.41) is 3.17. The zero-order valence-corrected chi connectivity index (χ0v) is 15.9. The average molecular weight is 381 g/mol. The number of hydrogen-bond acceptors (Lipinski definition) is 4. The molecule has 142 valence electrons. The standard InChI is InChI=1S/C18H24N4O3.ClH/c1-3-22-15-7-6-13(9-14(15)20-16(23)18(22)25)17(24)21-8-4-5-12(11-21)10-19-2;/h6-7,9,12,19H,3-5,8,10-11H2,1-2H3,(H,20,23);1H. The number of carbonyl (C=O) groups is 1. The fourth-order valence-corrected chi connectivity index (χ4v) is 3.61. The number of H-pyrrole nitrogens is 1. The van der Waals surface area contributed by atoms with E-state index in [1.54, 1.807) is 18.2 Å². The molecule has 1 amide bonds. The Morgan fingerprint density at radius 2 is 2.12 bits per heavy atom. The van der Waals surface area contributed by atoms with Crippen LogP contribution in [0.3, 0.4) is 0 Å². The molecule has 1 aromatic carbocycles. The van der Waals surface area contributed by atoms with Gasteiger partial charge in [0.25, 0.3) is 5.91 Å². The Kier molecular flexibility index (Phi) is 6.61. The second-order valence-electron chi connectivity index (χ2n) is 6.55. The summed E-state index contributed by atoms with van der Waals surface area (Å²) in [6, 6.07) is 5.14. The third kappa shape index (κ3) is 3.83. The van der Waals surface area contributed by atoms with E-state index in [0.717, 1.165) is 32.5 Å². The summed E-state index contributed by atoms with van der Waals surface area (Å²) in [4.78, 5) is 41.0. The van der Waals surface area contributed by atoms with Crippen molar-refractivity contribution in [3.8, 4) is 0 Å². The predicted molar refractivity (Wildman–Crippen MR) is 104 cm³/mol. The zero-order chi connectivity index (χ0) is 18.0. The summed E-state index contributed by atoms with van der Waals surface area (Å²) >= 11 is 0. The highest BCUT2D eigenvalue weighted by molar-refractivity contribution is 5.97. The van der Waals surface area contributed by atoms with Crippen LogP contribution in [0.4, 0.5) is 0 Å². The normalized spacial score (nSPS) is 17.2. The predicted octanol–water partition coefficient (Wildman–Crippen LogP) is 1.20. The lowest BCUT2D eigenvalue weighted by atomic mass is 9.97. The van der Waals surface area contributed by atoms with Crippen molar-refractivity contribution in [2.45, 2.75) is 26.3 Å². The van der Waals surface area contributed by atoms with E-state index in [4.69, 9.17) is 0 Å². The van der Waals surface area contributed by atoms with Crippen LogP contribution in [0.2, 0.25) is 0 Å². The van der Waals surface area contributed by atoms with Crippen molar-refractivity contribution >= 4 is 29.3 Å². The smallest absolute Gasteiger partial charge is 0.316 e. The molecule has 0 saturated carbocycles. The lowest BCUT2D eigenvalue weighted by molar-refractivity contribution is 0.0674. The Balaban J connectivity index is 0.00000243. The van der Waals surface area contributed by atoms with Crippen molar-refractivity contribution in [3.05, 3.63) is 44.5 Å². The van der Waals surface area contributed by atoms with Gasteiger partial charge in [-0.2, -0.15) is 0 Å². The van der Waals surface area contributed by atoms with Crippen LogP contribution in [-0.2, 0) is 6.54 Å². The highest BCUT2D eigenvalue weighted by Gasteiger charge is 2.24. The van der Waals surface area contributed by atoms with Crippen molar-refractivity contribution in [2.24, 2.45) is 5.92 Å². The van der Waals surface area contributed by atoms with E-state index in [2.05, 4.69) is 10.3 Å². The molecule has 1 saturated heterocycles. The van der Waals surface area contributed by atoms with Crippen LogP contribution in [0, 0.1) is 5.92 Å². The molecule has 0 bridgehead atoms. The van der Waals surface area contributed by atoms with Gasteiger partial charge in [0.05, 0.1) is 11.0 Å². The van der Waals surface area contributed by atoms with Crippen molar-refractivity contribution in [1.29, 1.82) is 0 Å². The zero-order valence-electron chi connectivity index (χ0n) is 15.1. The number of aromatic nitrogens is 2. The van der Waals surface area contributed by atoms with Crippen molar-refractivity contribution < 1.29 is 4.79 Å². The minimum absolute atomic E-state index is 0. The van der Waals surface area contributed by atoms with Gasteiger partial charge in [0.1, 0.15) is 0 Å². The van der Waals surface area contributed by atoms with Gasteiger partial charge in [0.2, 0.25) is 0 Å². The minimum Gasteiger partial charge on any atom is -0.338 e. The van der Waals surface area contributed by atoms with E-state index >= 15 is 0 Å². The van der Waals surface area contributed by atoms with Gasteiger partial charge < -0.3 is 19.8 Å². The van der Waals surface area contributed by atoms with Gasteiger partial charge in [-0.3, -0.25) is 14.4 Å². The number of benzene rings is 1. The first kappa shape index (κ1) is 20.2. The van der Waals surface area contributed by atoms with Crippen LogP contribution < -0.4 is 16.4 Å². The molecule has 0 aliphatic carbocycles. The Hall–Kier alpha value is -2.12. The molecule has 1 aromatic heterocycles. The molecule has 1 fully saturated rings. The molecule has 1 atom stereocenters. The molecule has 8 heteroatoms. The maximum atomic E-state index is 12.8. The molecule has 1 aliphatic heterocycles.